The van der Waals surface area contributed by atoms with Crippen LogP contribution in [0.3, 0.4) is 0 Å². The van der Waals surface area contributed by atoms with E-state index in [4.69, 9.17) is 0 Å². The second kappa shape index (κ2) is 6.57. The fraction of sp³-hybridized carbons (Fsp3) is 0.438. The van der Waals surface area contributed by atoms with E-state index in [0.29, 0.717) is 0 Å². The molecule has 0 aliphatic heterocycles. The predicted molar refractivity (Wildman–Crippen MR) is 83.0 cm³/mol. The Hall–Kier alpha value is -1.81. The van der Waals surface area contributed by atoms with Crippen LogP contribution < -0.4 is 0 Å². The van der Waals surface area contributed by atoms with Crippen molar-refractivity contribution in [1.29, 1.82) is 0 Å². The molecule has 0 saturated heterocycles. The van der Waals surface area contributed by atoms with Gasteiger partial charge in [0, 0.05) is 30.4 Å². The maximum absolute atomic E-state index is 12.5. The van der Waals surface area contributed by atoms with Crippen molar-refractivity contribution in [3.63, 3.8) is 0 Å². The summed E-state index contributed by atoms with van der Waals surface area (Å²) in [7, 11) is 4.11. The van der Waals surface area contributed by atoms with Crippen molar-refractivity contribution in [2.75, 3.05) is 33.7 Å². The summed E-state index contributed by atoms with van der Waals surface area (Å²) in [6.07, 6.45) is 2.89. The Labute approximate surface area is 120 Å². The molecule has 1 aromatic carbocycles. The van der Waals surface area contributed by atoms with Gasteiger partial charge in [-0.2, -0.15) is 0 Å². The SMILES string of the molecule is CCN(CCCN(C)C)C(=O)c1ccc2cc[nH]c2c1. The summed E-state index contributed by atoms with van der Waals surface area (Å²) in [6.45, 7) is 4.57. The third kappa shape index (κ3) is 3.39. The summed E-state index contributed by atoms with van der Waals surface area (Å²) >= 11 is 0. The van der Waals surface area contributed by atoms with E-state index >= 15 is 0 Å². The molecule has 0 aliphatic rings. The first kappa shape index (κ1) is 14.6. The van der Waals surface area contributed by atoms with Gasteiger partial charge in [0.15, 0.2) is 0 Å². The lowest BCUT2D eigenvalue weighted by atomic mass is 10.1. The number of hydrogen-bond acceptors (Lipinski definition) is 2. The number of hydrogen-bond donors (Lipinski definition) is 1. The minimum absolute atomic E-state index is 0.114. The van der Waals surface area contributed by atoms with Gasteiger partial charge in [-0.25, -0.2) is 0 Å². The maximum Gasteiger partial charge on any atom is 0.253 e. The lowest BCUT2D eigenvalue weighted by Crippen LogP contribution is -2.33. The predicted octanol–water partition coefficient (Wildman–Crippen LogP) is 2.58. The average Bonchev–Trinajstić information content (AvgIpc) is 2.90. The van der Waals surface area contributed by atoms with E-state index in [1.54, 1.807) is 0 Å². The second-order valence-corrected chi connectivity index (χ2v) is 5.32. The number of carbonyl (C=O) groups excluding carboxylic acids is 1. The van der Waals surface area contributed by atoms with Gasteiger partial charge in [-0.15, -0.1) is 0 Å². The number of fused-ring (bicyclic) bond motifs is 1. The first-order valence-electron chi connectivity index (χ1n) is 7.13. The summed E-state index contributed by atoms with van der Waals surface area (Å²) in [5.74, 6) is 0.114. The van der Waals surface area contributed by atoms with E-state index in [0.717, 1.165) is 42.5 Å². The molecule has 4 nitrogen and oxygen atoms in total. The van der Waals surface area contributed by atoms with Gasteiger partial charge in [0.2, 0.25) is 0 Å². The molecular weight excluding hydrogens is 250 g/mol. The van der Waals surface area contributed by atoms with Gasteiger partial charge in [-0.1, -0.05) is 6.07 Å². The van der Waals surface area contributed by atoms with Crippen LogP contribution >= 0.6 is 0 Å². The Bertz CT molecular complexity index is 574. The van der Waals surface area contributed by atoms with E-state index in [9.17, 15) is 4.79 Å². The van der Waals surface area contributed by atoms with E-state index in [1.807, 2.05) is 42.3 Å². The number of aromatic amines is 1. The van der Waals surface area contributed by atoms with E-state index in [2.05, 4.69) is 24.0 Å². The molecule has 0 spiro atoms. The van der Waals surface area contributed by atoms with Gasteiger partial charge < -0.3 is 14.8 Å². The molecule has 20 heavy (non-hydrogen) atoms. The van der Waals surface area contributed by atoms with Crippen LogP contribution in [0, 0.1) is 0 Å². The lowest BCUT2D eigenvalue weighted by Gasteiger charge is -2.22. The average molecular weight is 273 g/mol. The number of aromatic nitrogens is 1. The van der Waals surface area contributed by atoms with Crippen molar-refractivity contribution in [2.45, 2.75) is 13.3 Å². The lowest BCUT2D eigenvalue weighted by molar-refractivity contribution is 0.0759. The van der Waals surface area contributed by atoms with Crippen molar-refractivity contribution in [2.24, 2.45) is 0 Å². The number of amides is 1. The van der Waals surface area contributed by atoms with E-state index < -0.39 is 0 Å². The number of H-pyrrole nitrogens is 1. The number of carbonyl (C=O) groups is 1. The van der Waals surface area contributed by atoms with Crippen LogP contribution in [0.1, 0.15) is 23.7 Å². The number of rotatable bonds is 6. The number of benzene rings is 1. The zero-order valence-corrected chi connectivity index (χ0v) is 12.5. The quantitative estimate of drug-likeness (QED) is 0.878. The summed E-state index contributed by atoms with van der Waals surface area (Å²) in [6, 6.07) is 7.85. The normalized spacial score (nSPS) is 11.2. The molecule has 0 radical (unpaired) electrons. The van der Waals surface area contributed by atoms with E-state index in [-0.39, 0.29) is 5.91 Å². The van der Waals surface area contributed by atoms with E-state index in [1.165, 1.54) is 0 Å². The fourth-order valence-electron chi connectivity index (χ4n) is 2.34. The zero-order chi connectivity index (χ0) is 14.5. The molecule has 0 aliphatic carbocycles. The summed E-state index contributed by atoms with van der Waals surface area (Å²) < 4.78 is 0. The Morgan fingerprint density at radius 1 is 1.20 bits per heavy atom. The van der Waals surface area contributed by atoms with Crippen LogP contribution in [-0.4, -0.2) is 54.4 Å². The van der Waals surface area contributed by atoms with Gasteiger partial charge >= 0.3 is 0 Å². The highest BCUT2D eigenvalue weighted by molar-refractivity contribution is 5.97. The highest BCUT2D eigenvalue weighted by Crippen LogP contribution is 2.15. The summed E-state index contributed by atoms with van der Waals surface area (Å²) in [5, 5.41) is 1.14. The van der Waals surface area contributed by atoms with Gasteiger partial charge in [-0.3, -0.25) is 4.79 Å². The molecule has 1 N–H and O–H groups in total. The van der Waals surface area contributed by atoms with Gasteiger partial charge in [0.25, 0.3) is 5.91 Å². The van der Waals surface area contributed by atoms with Gasteiger partial charge in [0.05, 0.1) is 0 Å². The van der Waals surface area contributed by atoms with Crippen LogP contribution in [0.4, 0.5) is 0 Å². The van der Waals surface area contributed by atoms with Crippen LogP contribution in [-0.2, 0) is 0 Å². The molecular formula is C16H23N3O. The molecule has 0 unspecified atom stereocenters. The molecule has 2 aromatic rings. The molecule has 2 rings (SSSR count). The third-order valence-corrected chi connectivity index (χ3v) is 3.50. The molecule has 0 fully saturated rings. The first-order chi connectivity index (χ1) is 9.61. The third-order valence-electron chi connectivity index (χ3n) is 3.50. The first-order valence-corrected chi connectivity index (χ1v) is 7.13. The van der Waals surface area contributed by atoms with Crippen LogP contribution in [0.25, 0.3) is 10.9 Å². The Morgan fingerprint density at radius 2 is 2.00 bits per heavy atom. The molecule has 4 heteroatoms. The second-order valence-electron chi connectivity index (χ2n) is 5.32. The van der Waals surface area contributed by atoms with Gasteiger partial charge in [-0.05, 0) is 57.6 Å². The van der Waals surface area contributed by atoms with Crippen LogP contribution in [0.2, 0.25) is 0 Å². The largest absolute Gasteiger partial charge is 0.361 e. The molecule has 1 aromatic heterocycles. The standard InChI is InChI=1S/C16H23N3O/c1-4-19(11-5-10-18(2)3)16(20)14-7-6-13-8-9-17-15(13)12-14/h6-9,12,17H,4-5,10-11H2,1-3H3. The topological polar surface area (TPSA) is 39.3 Å². The Morgan fingerprint density at radius 3 is 2.70 bits per heavy atom. The molecule has 0 atom stereocenters. The Kier molecular flexibility index (Phi) is 4.79. The van der Waals surface area contributed by atoms with Crippen LogP contribution in [0.15, 0.2) is 30.5 Å². The molecule has 0 bridgehead atoms. The van der Waals surface area contributed by atoms with Crippen molar-refractivity contribution in [3.05, 3.63) is 36.0 Å². The molecule has 1 amide bonds. The highest BCUT2D eigenvalue weighted by atomic mass is 16.2. The summed E-state index contributed by atoms with van der Waals surface area (Å²) in [4.78, 5) is 19.7. The smallest absolute Gasteiger partial charge is 0.253 e. The minimum atomic E-state index is 0.114. The number of nitrogens with one attached hydrogen (secondary N) is 1. The fourth-order valence-corrected chi connectivity index (χ4v) is 2.34. The van der Waals surface area contributed by atoms with Crippen molar-refractivity contribution in [1.82, 2.24) is 14.8 Å². The Balaban J connectivity index is 2.06. The van der Waals surface area contributed by atoms with Crippen molar-refractivity contribution in [3.8, 4) is 0 Å². The number of nitrogens with zero attached hydrogens (tertiary/aromatic N) is 2. The molecule has 0 saturated carbocycles. The van der Waals surface area contributed by atoms with Crippen molar-refractivity contribution < 1.29 is 4.79 Å². The summed E-state index contributed by atoms with van der Waals surface area (Å²) in [5.41, 5.74) is 1.77. The van der Waals surface area contributed by atoms with Crippen molar-refractivity contribution >= 4 is 16.8 Å². The highest BCUT2D eigenvalue weighted by Gasteiger charge is 2.14. The minimum Gasteiger partial charge on any atom is -0.361 e. The van der Waals surface area contributed by atoms with Crippen LogP contribution in [0.5, 0.6) is 0 Å². The monoisotopic (exact) mass is 273 g/mol. The zero-order valence-electron chi connectivity index (χ0n) is 12.5. The van der Waals surface area contributed by atoms with Gasteiger partial charge in [0.1, 0.15) is 0 Å². The maximum atomic E-state index is 12.5. The molecule has 1 heterocycles. The molecule has 108 valence electrons.